The van der Waals surface area contributed by atoms with Crippen molar-refractivity contribution in [3.63, 3.8) is 0 Å². The predicted octanol–water partition coefficient (Wildman–Crippen LogP) is 4.45. The first-order valence-electron chi connectivity index (χ1n) is 15.3. The number of fused-ring (bicyclic) bond motifs is 2. The molecule has 41 heavy (non-hydrogen) atoms. The van der Waals surface area contributed by atoms with Gasteiger partial charge < -0.3 is 29.3 Å². The number of rotatable bonds is 9. The molecule has 3 aromatic rings. The monoisotopic (exact) mass is 559 g/mol. The van der Waals surface area contributed by atoms with Gasteiger partial charge in [-0.05, 0) is 70.1 Å². The molecule has 0 bridgehead atoms. The van der Waals surface area contributed by atoms with Gasteiger partial charge in [0.25, 0.3) is 0 Å². The van der Waals surface area contributed by atoms with Crippen LogP contribution in [-0.2, 0) is 24.1 Å². The average Bonchev–Trinajstić information content (AvgIpc) is 3.77. The molecule has 2 aromatic carbocycles. The van der Waals surface area contributed by atoms with E-state index in [0.717, 1.165) is 50.4 Å². The van der Waals surface area contributed by atoms with Crippen molar-refractivity contribution < 1.29 is 14.6 Å². The lowest BCUT2D eigenvalue weighted by atomic mass is 9.98. The lowest BCUT2D eigenvalue weighted by Gasteiger charge is -2.35. The Bertz CT molecular complexity index is 1370. The van der Waals surface area contributed by atoms with Crippen molar-refractivity contribution in [2.45, 2.75) is 64.7 Å². The quantitative estimate of drug-likeness (QED) is 0.412. The molecule has 3 heterocycles. The predicted molar refractivity (Wildman–Crippen MR) is 164 cm³/mol. The van der Waals surface area contributed by atoms with E-state index in [1.165, 1.54) is 40.4 Å². The summed E-state index contributed by atoms with van der Waals surface area (Å²) in [4.78, 5) is 17.1. The Labute approximate surface area is 244 Å². The molecule has 6 rings (SSSR count). The number of hydrogen-bond donors (Lipinski definition) is 1. The highest BCUT2D eigenvalue weighted by Crippen LogP contribution is 2.46. The van der Waals surface area contributed by atoms with Crippen molar-refractivity contribution in [2.24, 2.45) is 5.41 Å². The first kappa shape index (κ1) is 28.2. The summed E-state index contributed by atoms with van der Waals surface area (Å²) in [6, 6.07) is 13.7. The number of hydrogen-bond acceptors (Lipinski definition) is 8. The van der Waals surface area contributed by atoms with Crippen molar-refractivity contribution in [2.75, 3.05) is 63.3 Å². The van der Waals surface area contributed by atoms with Gasteiger partial charge in [-0.15, -0.1) is 0 Å². The van der Waals surface area contributed by atoms with Crippen LogP contribution in [0.5, 0.6) is 6.01 Å². The fourth-order valence-electron chi connectivity index (χ4n) is 6.62. The van der Waals surface area contributed by atoms with Crippen LogP contribution in [0.25, 0.3) is 10.8 Å². The van der Waals surface area contributed by atoms with Crippen molar-refractivity contribution in [3.8, 4) is 6.01 Å². The van der Waals surface area contributed by atoms with Gasteiger partial charge in [-0.3, -0.25) is 0 Å². The summed E-state index contributed by atoms with van der Waals surface area (Å²) in [6.45, 7) is 9.39. The van der Waals surface area contributed by atoms with Gasteiger partial charge in [0.05, 0.1) is 24.9 Å². The summed E-state index contributed by atoms with van der Waals surface area (Å²) in [5.74, 6) is 0.949. The molecule has 1 saturated carbocycles. The Morgan fingerprint density at radius 2 is 1.93 bits per heavy atom. The third-order valence-corrected chi connectivity index (χ3v) is 8.97. The van der Waals surface area contributed by atoms with E-state index in [2.05, 4.69) is 72.1 Å². The lowest BCUT2D eigenvalue weighted by molar-refractivity contribution is -0.0173. The molecule has 1 aromatic heterocycles. The zero-order chi connectivity index (χ0) is 28.6. The third-order valence-electron chi connectivity index (χ3n) is 8.97. The summed E-state index contributed by atoms with van der Waals surface area (Å²) in [5, 5.41) is 13.0. The molecule has 0 radical (unpaired) electrons. The smallest absolute Gasteiger partial charge is 0.318 e. The van der Waals surface area contributed by atoms with Gasteiger partial charge >= 0.3 is 6.01 Å². The first-order chi connectivity index (χ1) is 19.9. The number of anilines is 2. The minimum absolute atomic E-state index is 0.197. The maximum absolute atomic E-state index is 10.4. The van der Waals surface area contributed by atoms with Crippen LogP contribution in [0.2, 0.25) is 0 Å². The Balaban J connectivity index is 1.35. The molecule has 2 fully saturated rings. The highest BCUT2D eigenvalue weighted by atomic mass is 16.5. The molecular formula is C33H45N5O3. The molecule has 8 heteroatoms. The maximum Gasteiger partial charge on any atom is 0.318 e. The van der Waals surface area contributed by atoms with Crippen molar-refractivity contribution >= 4 is 22.3 Å². The molecular weight excluding hydrogens is 514 g/mol. The summed E-state index contributed by atoms with van der Waals surface area (Å²) in [6.07, 6.45) is 4.32. The average molecular weight is 560 g/mol. The Morgan fingerprint density at radius 3 is 2.66 bits per heavy atom. The van der Waals surface area contributed by atoms with E-state index >= 15 is 0 Å². The van der Waals surface area contributed by atoms with Crippen molar-refractivity contribution in [3.05, 3.63) is 53.2 Å². The summed E-state index contributed by atoms with van der Waals surface area (Å²) in [5.41, 5.74) is 5.08. The van der Waals surface area contributed by atoms with E-state index in [1.54, 1.807) is 0 Å². The van der Waals surface area contributed by atoms with Gasteiger partial charge in [0, 0.05) is 54.8 Å². The zero-order valence-electron chi connectivity index (χ0n) is 25.1. The lowest BCUT2D eigenvalue weighted by Crippen LogP contribution is -2.40. The van der Waals surface area contributed by atoms with Gasteiger partial charge in [0.1, 0.15) is 11.9 Å². The van der Waals surface area contributed by atoms with Crippen LogP contribution in [0.15, 0.2) is 36.4 Å². The fourth-order valence-corrected chi connectivity index (χ4v) is 6.62. The van der Waals surface area contributed by atoms with Crippen LogP contribution < -0.4 is 14.5 Å². The molecule has 1 saturated heterocycles. The normalized spacial score (nSPS) is 21.1. The van der Waals surface area contributed by atoms with Crippen molar-refractivity contribution in [1.29, 1.82) is 0 Å². The van der Waals surface area contributed by atoms with E-state index < -0.39 is 6.10 Å². The van der Waals surface area contributed by atoms with Crippen molar-refractivity contribution in [1.82, 2.24) is 14.9 Å². The van der Waals surface area contributed by atoms with Gasteiger partial charge in [0.2, 0.25) is 0 Å². The molecule has 2 aliphatic heterocycles. The zero-order valence-corrected chi connectivity index (χ0v) is 25.1. The standard InChI is InChI=1S/C33H45N5O3/c1-5-24-9-6-10-25-11-7-12-28(30(24)25)37-17-13-26-27(19-37)34-32(41-22-33(14-15-33)21-36(3)4)35-31(26)38-16-8-18-40-29(20-38)23(2)39/h6-7,9-12,23,29,39H,5,8,13-22H2,1-4H3. The molecule has 2 unspecified atom stereocenters. The number of ether oxygens (including phenoxy) is 2. The van der Waals surface area contributed by atoms with E-state index in [1.807, 2.05) is 6.92 Å². The number of aliphatic hydroxyl groups is 1. The first-order valence-corrected chi connectivity index (χ1v) is 15.3. The minimum atomic E-state index is -0.542. The number of benzene rings is 2. The van der Waals surface area contributed by atoms with Gasteiger partial charge in [-0.2, -0.15) is 9.97 Å². The second kappa shape index (κ2) is 11.7. The summed E-state index contributed by atoms with van der Waals surface area (Å²) < 4.78 is 12.4. The molecule has 1 N–H and O–H groups in total. The largest absolute Gasteiger partial charge is 0.463 e. The van der Waals surface area contributed by atoms with Gasteiger partial charge in [0.15, 0.2) is 0 Å². The Morgan fingerprint density at radius 1 is 1.12 bits per heavy atom. The molecule has 0 spiro atoms. The van der Waals surface area contributed by atoms with Crippen LogP contribution >= 0.6 is 0 Å². The fraction of sp³-hybridized carbons (Fsp3) is 0.576. The Hall–Kier alpha value is -2.94. The summed E-state index contributed by atoms with van der Waals surface area (Å²) >= 11 is 0. The SMILES string of the molecule is CCc1cccc2cccc(N3CCc4c(nc(OCC5(CN(C)C)CC5)nc4N4CCCOC(C(C)O)C4)C3)c12. The molecule has 3 aliphatic rings. The van der Waals surface area contributed by atoms with Gasteiger partial charge in [-0.25, -0.2) is 0 Å². The molecule has 0 amide bonds. The van der Waals surface area contributed by atoms with Crippen LogP contribution in [0, 0.1) is 5.41 Å². The molecule has 2 atom stereocenters. The highest BCUT2D eigenvalue weighted by Gasteiger charge is 2.44. The number of aryl methyl sites for hydroxylation is 1. The van der Waals surface area contributed by atoms with E-state index in [9.17, 15) is 5.11 Å². The third kappa shape index (κ3) is 6.01. The highest BCUT2D eigenvalue weighted by molar-refractivity contribution is 5.97. The number of nitrogens with zero attached hydrogens (tertiary/aromatic N) is 5. The second-order valence-electron chi connectivity index (χ2n) is 12.5. The number of aromatic nitrogens is 2. The van der Waals surface area contributed by atoms with E-state index in [-0.39, 0.29) is 11.5 Å². The molecule has 8 nitrogen and oxygen atoms in total. The van der Waals surface area contributed by atoms with E-state index in [4.69, 9.17) is 19.4 Å². The van der Waals surface area contributed by atoms with Crippen LogP contribution in [0.4, 0.5) is 11.5 Å². The van der Waals surface area contributed by atoms with Gasteiger partial charge in [-0.1, -0.05) is 37.3 Å². The minimum Gasteiger partial charge on any atom is -0.463 e. The van der Waals surface area contributed by atoms with Crippen LogP contribution in [0.1, 0.15) is 49.9 Å². The molecule has 1 aliphatic carbocycles. The second-order valence-corrected chi connectivity index (χ2v) is 12.5. The number of aliphatic hydroxyl groups excluding tert-OH is 1. The van der Waals surface area contributed by atoms with Crippen LogP contribution in [0.3, 0.4) is 0 Å². The van der Waals surface area contributed by atoms with E-state index in [0.29, 0.717) is 32.3 Å². The maximum atomic E-state index is 10.4. The topological polar surface area (TPSA) is 74.2 Å². The summed E-state index contributed by atoms with van der Waals surface area (Å²) in [7, 11) is 4.25. The Kier molecular flexibility index (Phi) is 8.07. The van der Waals surface area contributed by atoms with Crippen LogP contribution in [-0.4, -0.2) is 85.7 Å². The molecule has 220 valence electrons.